The van der Waals surface area contributed by atoms with E-state index < -0.39 is 0 Å². The summed E-state index contributed by atoms with van der Waals surface area (Å²) in [7, 11) is 3.69. The highest BCUT2D eigenvalue weighted by molar-refractivity contribution is 7.99. The molecule has 5 heteroatoms. The molecular formula is C23H25N3OS. The van der Waals surface area contributed by atoms with Crippen LogP contribution in [0, 0.1) is 0 Å². The molecule has 1 aliphatic rings. The highest BCUT2D eigenvalue weighted by Gasteiger charge is 2.38. The Bertz CT molecular complexity index is 960. The Morgan fingerprint density at radius 2 is 1.89 bits per heavy atom. The molecule has 0 spiro atoms. The van der Waals surface area contributed by atoms with E-state index in [9.17, 15) is 4.79 Å². The van der Waals surface area contributed by atoms with E-state index in [0.717, 1.165) is 24.5 Å². The predicted octanol–water partition coefficient (Wildman–Crippen LogP) is 4.06. The number of carbonyl (C=O) groups excluding carboxylic acids is 1. The molecule has 1 amide bonds. The van der Waals surface area contributed by atoms with Crippen LogP contribution in [0.3, 0.4) is 0 Å². The van der Waals surface area contributed by atoms with Crippen LogP contribution in [0.2, 0.25) is 0 Å². The molecule has 1 aliphatic heterocycles. The number of thioether (sulfide) groups is 1. The van der Waals surface area contributed by atoms with Gasteiger partial charge in [-0.3, -0.25) is 9.69 Å². The molecule has 144 valence electrons. The van der Waals surface area contributed by atoms with Crippen molar-refractivity contribution in [1.29, 1.82) is 0 Å². The second kappa shape index (κ2) is 8.33. The van der Waals surface area contributed by atoms with Crippen molar-refractivity contribution >= 4 is 28.4 Å². The summed E-state index contributed by atoms with van der Waals surface area (Å²) in [6.45, 7) is 1.67. The second-order valence-corrected chi connectivity index (χ2v) is 8.82. The molecule has 0 N–H and O–H groups in total. The largest absolute Gasteiger partial charge is 0.347 e. The van der Waals surface area contributed by atoms with Crippen LogP contribution in [0.1, 0.15) is 12.0 Å². The molecule has 28 heavy (non-hydrogen) atoms. The van der Waals surface area contributed by atoms with Gasteiger partial charge in [-0.05, 0) is 41.0 Å². The van der Waals surface area contributed by atoms with Crippen molar-refractivity contribution in [2.24, 2.45) is 0 Å². The molecule has 1 saturated heterocycles. The SMILES string of the molecule is CN(C)C(=O)[C@@H]1C[C@@H](Sc2ccccn2)CN1Cc1ccc2ccccc2c1. The zero-order valence-corrected chi connectivity index (χ0v) is 17.1. The molecular weight excluding hydrogens is 366 g/mol. The number of amides is 1. The smallest absolute Gasteiger partial charge is 0.239 e. The molecule has 1 aromatic heterocycles. The van der Waals surface area contributed by atoms with Gasteiger partial charge >= 0.3 is 0 Å². The highest BCUT2D eigenvalue weighted by atomic mass is 32.2. The lowest BCUT2D eigenvalue weighted by Crippen LogP contribution is -2.42. The number of pyridine rings is 1. The Balaban J connectivity index is 1.53. The molecule has 2 atom stereocenters. The number of rotatable bonds is 5. The van der Waals surface area contributed by atoms with Crippen molar-refractivity contribution in [3.8, 4) is 0 Å². The quantitative estimate of drug-likeness (QED) is 0.657. The standard InChI is InChI=1S/C23H25N3OS/c1-25(2)23(27)21-14-20(28-22-9-5-6-12-24-22)16-26(21)15-17-10-11-18-7-3-4-8-19(18)13-17/h3-13,20-21H,14-16H2,1-2H3/t20-,21+/m1/s1. The van der Waals surface area contributed by atoms with Crippen LogP contribution in [0.15, 0.2) is 71.9 Å². The number of fused-ring (bicyclic) bond motifs is 1. The molecule has 1 fully saturated rings. The Morgan fingerprint density at radius 1 is 1.11 bits per heavy atom. The Morgan fingerprint density at radius 3 is 2.64 bits per heavy atom. The van der Waals surface area contributed by atoms with Crippen molar-refractivity contribution in [3.63, 3.8) is 0 Å². The molecule has 0 radical (unpaired) electrons. The molecule has 4 nitrogen and oxygen atoms in total. The molecule has 2 aromatic carbocycles. The van der Waals surface area contributed by atoms with Gasteiger partial charge in [0.05, 0.1) is 11.1 Å². The first-order valence-corrected chi connectivity index (χ1v) is 10.5. The van der Waals surface area contributed by atoms with Gasteiger partial charge in [0.25, 0.3) is 0 Å². The van der Waals surface area contributed by atoms with Gasteiger partial charge in [0.1, 0.15) is 0 Å². The monoisotopic (exact) mass is 391 g/mol. The van der Waals surface area contributed by atoms with E-state index in [1.165, 1.54) is 16.3 Å². The van der Waals surface area contributed by atoms with Gasteiger partial charge in [-0.25, -0.2) is 4.98 Å². The number of carbonyl (C=O) groups is 1. The number of likely N-dealkylation sites (N-methyl/N-ethyl adjacent to an activating group) is 1. The van der Waals surface area contributed by atoms with Crippen molar-refractivity contribution in [1.82, 2.24) is 14.8 Å². The van der Waals surface area contributed by atoms with Gasteiger partial charge in [-0.15, -0.1) is 11.8 Å². The zero-order chi connectivity index (χ0) is 19.5. The van der Waals surface area contributed by atoms with Crippen LogP contribution in [0.5, 0.6) is 0 Å². The summed E-state index contributed by atoms with van der Waals surface area (Å²) in [4.78, 5) is 21.3. The number of nitrogens with zero attached hydrogens (tertiary/aromatic N) is 3. The van der Waals surface area contributed by atoms with Gasteiger partial charge in [0.15, 0.2) is 0 Å². The van der Waals surface area contributed by atoms with Crippen LogP contribution in [0.25, 0.3) is 10.8 Å². The maximum atomic E-state index is 12.8. The Kier molecular flexibility index (Phi) is 5.64. The van der Waals surface area contributed by atoms with Crippen LogP contribution >= 0.6 is 11.8 Å². The van der Waals surface area contributed by atoms with E-state index in [1.54, 1.807) is 16.7 Å². The molecule has 0 unspecified atom stereocenters. The van der Waals surface area contributed by atoms with Gasteiger partial charge in [-0.2, -0.15) is 0 Å². The van der Waals surface area contributed by atoms with E-state index in [-0.39, 0.29) is 11.9 Å². The number of aromatic nitrogens is 1. The fourth-order valence-corrected chi connectivity index (χ4v) is 5.00. The van der Waals surface area contributed by atoms with Gasteiger partial charge in [0.2, 0.25) is 5.91 Å². The Hall–Kier alpha value is -2.37. The average molecular weight is 392 g/mol. The molecule has 0 bridgehead atoms. The Labute approximate surface area is 170 Å². The average Bonchev–Trinajstić information content (AvgIpc) is 3.10. The fourth-order valence-electron chi connectivity index (χ4n) is 3.84. The lowest BCUT2D eigenvalue weighted by Gasteiger charge is -2.26. The van der Waals surface area contributed by atoms with E-state index in [4.69, 9.17) is 0 Å². The van der Waals surface area contributed by atoms with Crippen LogP contribution < -0.4 is 0 Å². The molecule has 0 aliphatic carbocycles. The number of hydrogen-bond acceptors (Lipinski definition) is 4. The minimum absolute atomic E-state index is 0.0808. The van der Waals surface area contributed by atoms with E-state index in [1.807, 2.05) is 38.5 Å². The molecule has 4 rings (SSSR count). The number of benzene rings is 2. The second-order valence-electron chi connectivity index (χ2n) is 7.50. The highest BCUT2D eigenvalue weighted by Crippen LogP contribution is 2.33. The van der Waals surface area contributed by atoms with Crippen LogP contribution in [0.4, 0.5) is 0 Å². The minimum Gasteiger partial charge on any atom is -0.347 e. The third kappa shape index (κ3) is 4.21. The topological polar surface area (TPSA) is 36.4 Å². The van der Waals surface area contributed by atoms with E-state index in [0.29, 0.717) is 5.25 Å². The van der Waals surface area contributed by atoms with E-state index in [2.05, 4.69) is 52.3 Å². The summed E-state index contributed by atoms with van der Waals surface area (Å²) in [6, 6.07) is 20.9. The lowest BCUT2D eigenvalue weighted by atomic mass is 10.1. The summed E-state index contributed by atoms with van der Waals surface area (Å²) in [6.07, 6.45) is 2.68. The van der Waals surface area contributed by atoms with Crippen LogP contribution in [-0.4, -0.2) is 52.6 Å². The first-order valence-electron chi connectivity index (χ1n) is 9.61. The third-order valence-corrected chi connectivity index (χ3v) is 6.37. The third-order valence-electron chi connectivity index (χ3n) is 5.22. The zero-order valence-electron chi connectivity index (χ0n) is 16.3. The molecule has 3 aromatic rings. The van der Waals surface area contributed by atoms with Gasteiger partial charge in [0, 0.05) is 38.6 Å². The van der Waals surface area contributed by atoms with Crippen molar-refractivity contribution in [2.75, 3.05) is 20.6 Å². The maximum Gasteiger partial charge on any atom is 0.239 e. The first kappa shape index (κ1) is 19.0. The number of hydrogen-bond donors (Lipinski definition) is 0. The summed E-state index contributed by atoms with van der Waals surface area (Å²) < 4.78 is 0. The summed E-state index contributed by atoms with van der Waals surface area (Å²) in [5, 5.41) is 3.88. The van der Waals surface area contributed by atoms with Crippen molar-refractivity contribution in [3.05, 3.63) is 72.4 Å². The molecule has 2 heterocycles. The van der Waals surface area contributed by atoms with Crippen molar-refractivity contribution in [2.45, 2.75) is 29.3 Å². The molecule has 0 saturated carbocycles. The normalized spacial score (nSPS) is 19.8. The summed E-state index contributed by atoms with van der Waals surface area (Å²) in [5.74, 6) is 0.185. The summed E-state index contributed by atoms with van der Waals surface area (Å²) in [5.41, 5.74) is 1.25. The lowest BCUT2D eigenvalue weighted by molar-refractivity contribution is -0.133. The maximum absolute atomic E-state index is 12.8. The number of likely N-dealkylation sites (tertiary alicyclic amines) is 1. The van der Waals surface area contributed by atoms with Gasteiger partial charge < -0.3 is 4.90 Å². The fraction of sp³-hybridized carbons (Fsp3) is 0.304. The summed E-state index contributed by atoms with van der Waals surface area (Å²) >= 11 is 1.78. The van der Waals surface area contributed by atoms with Crippen LogP contribution in [-0.2, 0) is 11.3 Å². The van der Waals surface area contributed by atoms with Crippen molar-refractivity contribution < 1.29 is 4.79 Å². The first-order chi connectivity index (χ1) is 13.6. The van der Waals surface area contributed by atoms with Gasteiger partial charge in [-0.1, -0.05) is 42.5 Å². The predicted molar refractivity (Wildman–Crippen MR) is 115 cm³/mol. The van der Waals surface area contributed by atoms with E-state index >= 15 is 0 Å². The minimum atomic E-state index is -0.0808.